The number of methoxy groups -OCH3 is 1. The van der Waals surface area contributed by atoms with Crippen LogP contribution in [0, 0.1) is 0 Å². The number of carbonyl (C=O) groups is 1. The summed E-state index contributed by atoms with van der Waals surface area (Å²) in [5.41, 5.74) is 0. The van der Waals surface area contributed by atoms with Crippen LogP contribution in [0.3, 0.4) is 0 Å². The molecule has 1 rings (SSSR count). The first kappa shape index (κ1) is 9.48. The number of amides is 1. The molecule has 4 nitrogen and oxygen atoms in total. The molecule has 4 heteroatoms. The first-order valence-electron chi connectivity index (χ1n) is 4.13. The molecule has 0 aromatic heterocycles. The Morgan fingerprint density at radius 3 is 2.75 bits per heavy atom. The number of hydrogen-bond donors (Lipinski definition) is 1. The zero-order chi connectivity index (χ0) is 9.14. The Labute approximate surface area is 72.9 Å². The Morgan fingerprint density at radius 1 is 1.67 bits per heavy atom. The van der Waals surface area contributed by atoms with Crippen molar-refractivity contribution in [1.82, 2.24) is 10.2 Å². The van der Waals surface area contributed by atoms with Gasteiger partial charge in [0.2, 0.25) is 5.91 Å². The highest BCUT2D eigenvalue weighted by Gasteiger charge is 2.33. The van der Waals surface area contributed by atoms with E-state index in [0.29, 0.717) is 0 Å². The Kier molecular flexibility index (Phi) is 3.05. The van der Waals surface area contributed by atoms with Crippen molar-refractivity contribution >= 4 is 5.91 Å². The van der Waals surface area contributed by atoms with Gasteiger partial charge < -0.3 is 10.1 Å². The van der Waals surface area contributed by atoms with Gasteiger partial charge in [0.25, 0.3) is 0 Å². The van der Waals surface area contributed by atoms with Crippen molar-refractivity contribution in [3.05, 3.63) is 0 Å². The van der Waals surface area contributed by atoms with E-state index in [-0.39, 0.29) is 18.1 Å². The standard InChI is InChI=1S/C8H16N2O2/c1-9-8(11)7-4-6(12-3)5-10(7)2/h6-7H,4-5H2,1-3H3,(H,9,11). The van der Waals surface area contributed by atoms with Gasteiger partial charge in [-0.15, -0.1) is 0 Å². The first-order valence-corrected chi connectivity index (χ1v) is 4.13. The molecule has 1 saturated heterocycles. The number of rotatable bonds is 2. The van der Waals surface area contributed by atoms with Gasteiger partial charge in [-0.3, -0.25) is 9.69 Å². The van der Waals surface area contributed by atoms with E-state index in [1.807, 2.05) is 11.9 Å². The van der Waals surface area contributed by atoms with Crippen molar-refractivity contribution in [3.63, 3.8) is 0 Å². The highest BCUT2D eigenvalue weighted by atomic mass is 16.5. The average molecular weight is 172 g/mol. The van der Waals surface area contributed by atoms with Crippen LogP contribution in [-0.4, -0.2) is 50.7 Å². The smallest absolute Gasteiger partial charge is 0.237 e. The number of likely N-dealkylation sites (N-methyl/N-ethyl adjacent to an activating group) is 2. The van der Waals surface area contributed by atoms with E-state index in [0.717, 1.165) is 13.0 Å². The highest BCUT2D eigenvalue weighted by Crippen LogP contribution is 2.17. The Bertz CT molecular complexity index is 172. The summed E-state index contributed by atoms with van der Waals surface area (Å²) in [7, 11) is 5.29. The molecule has 0 saturated carbocycles. The lowest BCUT2D eigenvalue weighted by atomic mass is 10.2. The molecule has 0 aromatic rings. The summed E-state index contributed by atoms with van der Waals surface area (Å²) < 4.78 is 5.18. The summed E-state index contributed by atoms with van der Waals surface area (Å²) in [6.07, 6.45) is 1.00. The van der Waals surface area contributed by atoms with Gasteiger partial charge in [-0.2, -0.15) is 0 Å². The second-order valence-corrected chi connectivity index (χ2v) is 3.16. The topological polar surface area (TPSA) is 41.6 Å². The SMILES string of the molecule is CNC(=O)C1CC(OC)CN1C. The van der Waals surface area contributed by atoms with Crippen LogP contribution in [0.1, 0.15) is 6.42 Å². The molecule has 1 heterocycles. The van der Waals surface area contributed by atoms with E-state index < -0.39 is 0 Å². The van der Waals surface area contributed by atoms with E-state index in [2.05, 4.69) is 5.32 Å². The van der Waals surface area contributed by atoms with Gasteiger partial charge in [-0.05, 0) is 13.5 Å². The average Bonchev–Trinajstić information content (AvgIpc) is 2.45. The fraction of sp³-hybridized carbons (Fsp3) is 0.875. The third kappa shape index (κ3) is 1.76. The highest BCUT2D eigenvalue weighted by molar-refractivity contribution is 5.81. The maximum Gasteiger partial charge on any atom is 0.237 e. The fourth-order valence-electron chi connectivity index (χ4n) is 1.60. The molecule has 70 valence electrons. The van der Waals surface area contributed by atoms with Crippen LogP contribution in [-0.2, 0) is 9.53 Å². The Balaban J connectivity index is 2.51. The summed E-state index contributed by atoms with van der Waals surface area (Å²) in [4.78, 5) is 13.3. The van der Waals surface area contributed by atoms with E-state index in [9.17, 15) is 4.79 Å². The van der Waals surface area contributed by atoms with Gasteiger partial charge in [0.05, 0.1) is 12.1 Å². The molecule has 0 spiro atoms. The second-order valence-electron chi connectivity index (χ2n) is 3.16. The summed E-state index contributed by atoms with van der Waals surface area (Å²) in [5.74, 6) is 0.0806. The molecule has 1 N–H and O–H groups in total. The minimum absolute atomic E-state index is 0.0139. The molecule has 2 atom stereocenters. The number of nitrogens with zero attached hydrogens (tertiary/aromatic N) is 1. The molecule has 12 heavy (non-hydrogen) atoms. The van der Waals surface area contributed by atoms with Crippen LogP contribution < -0.4 is 5.32 Å². The summed E-state index contributed by atoms with van der Waals surface area (Å²) in [5, 5.41) is 2.65. The van der Waals surface area contributed by atoms with Crippen molar-refractivity contribution in [3.8, 4) is 0 Å². The predicted octanol–water partition coefficient (Wildman–Crippen LogP) is -0.548. The molecular weight excluding hydrogens is 156 g/mol. The molecule has 1 aliphatic heterocycles. The van der Waals surface area contributed by atoms with Crippen LogP contribution >= 0.6 is 0 Å². The minimum atomic E-state index is -0.0139. The molecule has 0 radical (unpaired) electrons. The number of likely N-dealkylation sites (tertiary alicyclic amines) is 1. The second kappa shape index (κ2) is 3.87. The molecule has 0 aliphatic carbocycles. The normalized spacial score (nSPS) is 30.6. The third-order valence-electron chi connectivity index (χ3n) is 2.39. The van der Waals surface area contributed by atoms with Gasteiger partial charge in [0, 0.05) is 20.7 Å². The largest absolute Gasteiger partial charge is 0.380 e. The maximum absolute atomic E-state index is 11.3. The zero-order valence-electron chi connectivity index (χ0n) is 7.83. The van der Waals surface area contributed by atoms with Crippen LogP contribution in [0.15, 0.2) is 0 Å². The lowest BCUT2D eigenvalue weighted by Gasteiger charge is -2.16. The number of carbonyl (C=O) groups excluding carboxylic acids is 1. The number of nitrogens with one attached hydrogen (secondary N) is 1. The van der Waals surface area contributed by atoms with Crippen molar-refractivity contribution < 1.29 is 9.53 Å². The maximum atomic E-state index is 11.3. The minimum Gasteiger partial charge on any atom is -0.380 e. The van der Waals surface area contributed by atoms with Crippen molar-refractivity contribution in [2.24, 2.45) is 0 Å². The van der Waals surface area contributed by atoms with E-state index >= 15 is 0 Å². The quantitative estimate of drug-likeness (QED) is 0.607. The zero-order valence-corrected chi connectivity index (χ0v) is 7.83. The predicted molar refractivity (Wildman–Crippen MR) is 45.9 cm³/mol. The van der Waals surface area contributed by atoms with Gasteiger partial charge >= 0.3 is 0 Å². The fourth-order valence-corrected chi connectivity index (χ4v) is 1.60. The summed E-state index contributed by atoms with van der Waals surface area (Å²) in [6.45, 7) is 0.842. The van der Waals surface area contributed by atoms with Gasteiger partial charge in [0.15, 0.2) is 0 Å². The van der Waals surface area contributed by atoms with Crippen LogP contribution in [0.2, 0.25) is 0 Å². The molecule has 0 bridgehead atoms. The summed E-state index contributed by atoms with van der Waals surface area (Å²) in [6, 6.07) is -0.0139. The summed E-state index contributed by atoms with van der Waals surface area (Å²) >= 11 is 0. The molecule has 1 fully saturated rings. The van der Waals surface area contributed by atoms with Crippen LogP contribution in [0.5, 0.6) is 0 Å². The lowest BCUT2D eigenvalue weighted by Crippen LogP contribution is -2.39. The van der Waals surface area contributed by atoms with Crippen molar-refractivity contribution in [2.45, 2.75) is 18.6 Å². The van der Waals surface area contributed by atoms with Gasteiger partial charge in [0.1, 0.15) is 0 Å². The molecule has 2 unspecified atom stereocenters. The van der Waals surface area contributed by atoms with Gasteiger partial charge in [-0.25, -0.2) is 0 Å². The number of ether oxygens (including phenoxy) is 1. The van der Waals surface area contributed by atoms with E-state index in [1.54, 1.807) is 14.2 Å². The van der Waals surface area contributed by atoms with Crippen LogP contribution in [0.25, 0.3) is 0 Å². The first-order chi connectivity index (χ1) is 5.69. The molecule has 1 aliphatic rings. The number of hydrogen-bond acceptors (Lipinski definition) is 3. The molecule has 1 amide bonds. The lowest BCUT2D eigenvalue weighted by molar-refractivity contribution is -0.124. The van der Waals surface area contributed by atoms with Gasteiger partial charge in [-0.1, -0.05) is 0 Å². The third-order valence-corrected chi connectivity index (χ3v) is 2.39. The van der Waals surface area contributed by atoms with E-state index in [4.69, 9.17) is 4.74 Å². The molecule has 0 aromatic carbocycles. The van der Waals surface area contributed by atoms with Crippen molar-refractivity contribution in [1.29, 1.82) is 0 Å². The van der Waals surface area contributed by atoms with Crippen molar-refractivity contribution in [2.75, 3.05) is 27.7 Å². The Hall–Kier alpha value is -0.610. The van der Waals surface area contributed by atoms with E-state index in [1.165, 1.54) is 0 Å². The Morgan fingerprint density at radius 2 is 2.33 bits per heavy atom. The molecular formula is C8H16N2O2. The monoisotopic (exact) mass is 172 g/mol. The van der Waals surface area contributed by atoms with Crippen LogP contribution in [0.4, 0.5) is 0 Å².